The zero-order valence-electron chi connectivity index (χ0n) is 18.2. The molecule has 0 bridgehead atoms. The molecule has 0 aliphatic carbocycles. The third-order valence-corrected chi connectivity index (χ3v) is 5.66. The Balaban J connectivity index is 2.12. The molecule has 160 valence electrons. The first kappa shape index (κ1) is 22.3. The van der Waals surface area contributed by atoms with E-state index in [0.29, 0.717) is 0 Å². The predicted octanol–water partition coefficient (Wildman–Crippen LogP) is 4.72. The lowest BCUT2D eigenvalue weighted by Crippen LogP contribution is -2.47. The third kappa shape index (κ3) is 4.85. The number of ether oxygens (including phenoxy) is 1. The molecular formula is C27H29NO3. The predicted molar refractivity (Wildman–Crippen MR) is 123 cm³/mol. The van der Waals surface area contributed by atoms with Crippen LogP contribution in [0.4, 0.5) is 0 Å². The Kier molecular flexibility index (Phi) is 7.24. The summed E-state index contributed by atoms with van der Waals surface area (Å²) in [4.78, 5) is 25.6. The number of rotatable bonds is 8. The van der Waals surface area contributed by atoms with Gasteiger partial charge in [-0.1, -0.05) is 105 Å². The maximum absolute atomic E-state index is 13.4. The van der Waals surface area contributed by atoms with Gasteiger partial charge >= 0.3 is 5.97 Å². The number of esters is 1. The van der Waals surface area contributed by atoms with Crippen LogP contribution in [0.3, 0.4) is 0 Å². The molecule has 3 aromatic rings. The summed E-state index contributed by atoms with van der Waals surface area (Å²) in [6.45, 7) is 3.78. The van der Waals surface area contributed by atoms with Crippen LogP contribution in [0.2, 0.25) is 0 Å². The van der Waals surface area contributed by atoms with E-state index < -0.39 is 17.4 Å². The molecule has 0 heterocycles. The second-order valence-corrected chi connectivity index (χ2v) is 7.99. The number of amides is 1. The van der Waals surface area contributed by atoms with Gasteiger partial charge in [0.15, 0.2) is 0 Å². The second-order valence-electron chi connectivity index (χ2n) is 7.99. The normalized spacial score (nSPS) is 12.3. The summed E-state index contributed by atoms with van der Waals surface area (Å²) in [5, 5.41) is 2.92. The van der Waals surface area contributed by atoms with Gasteiger partial charge in [0, 0.05) is 6.42 Å². The van der Waals surface area contributed by atoms with E-state index in [-0.39, 0.29) is 18.2 Å². The van der Waals surface area contributed by atoms with Crippen molar-refractivity contribution in [1.82, 2.24) is 5.32 Å². The van der Waals surface area contributed by atoms with Crippen LogP contribution in [0.1, 0.15) is 37.0 Å². The average Bonchev–Trinajstić information content (AvgIpc) is 2.82. The van der Waals surface area contributed by atoms with Crippen molar-refractivity contribution in [3.8, 4) is 0 Å². The van der Waals surface area contributed by atoms with Crippen LogP contribution in [-0.2, 0) is 19.7 Å². The first-order chi connectivity index (χ1) is 15.0. The Morgan fingerprint density at radius 1 is 0.774 bits per heavy atom. The summed E-state index contributed by atoms with van der Waals surface area (Å²) in [7, 11) is 1.34. The SMILES string of the molecule is COC(=O)[C@@H](NC(=O)CC(c1ccccc1)(c1ccccc1)c1ccccc1)C(C)C. The van der Waals surface area contributed by atoms with Gasteiger partial charge in [0.2, 0.25) is 5.91 Å². The van der Waals surface area contributed by atoms with Crippen LogP contribution in [0.15, 0.2) is 91.0 Å². The molecule has 0 saturated heterocycles. The molecule has 1 atom stereocenters. The summed E-state index contributed by atoms with van der Waals surface area (Å²) in [6.07, 6.45) is 0.158. The van der Waals surface area contributed by atoms with E-state index in [4.69, 9.17) is 4.74 Å². The fraction of sp³-hybridized carbons (Fsp3) is 0.259. The number of carbonyl (C=O) groups is 2. The summed E-state index contributed by atoms with van der Waals surface area (Å²) in [6, 6.07) is 29.4. The van der Waals surface area contributed by atoms with Crippen LogP contribution in [-0.4, -0.2) is 25.0 Å². The van der Waals surface area contributed by atoms with Crippen LogP contribution < -0.4 is 5.32 Å². The Labute approximate surface area is 184 Å². The molecule has 4 heteroatoms. The van der Waals surface area contributed by atoms with Crippen molar-refractivity contribution in [2.45, 2.75) is 31.7 Å². The van der Waals surface area contributed by atoms with E-state index in [1.165, 1.54) is 7.11 Å². The van der Waals surface area contributed by atoms with Crippen molar-refractivity contribution in [2.75, 3.05) is 7.11 Å². The molecule has 0 aromatic heterocycles. The van der Waals surface area contributed by atoms with E-state index in [1.807, 2.05) is 105 Å². The van der Waals surface area contributed by atoms with Crippen molar-refractivity contribution < 1.29 is 14.3 Å². The Bertz CT molecular complexity index is 888. The molecule has 0 spiro atoms. The fourth-order valence-corrected chi connectivity index (χ4v) is 4.06. The summed E-state index contributed by atoms with van der Waals surface area (Å²) >= 11 is 0. The number of nitrogens with one attached hydrogen (secondary N) is 1. The molecule has 4 nitrogen and oxygen atoms in total. The first-order valence-corrected chi connectivity index (χ1v) is 10.5. The quantitative estimate of drug-likeness (QED) is 0.428. The lowest BCUT2D eigenvalue weighted by atomic mass is 9.67. The van der Waals surface area contributed by atoms with Crippen LogP contribution in [0.25, 0.3) is 0 Å². The number of carbonyl (C=O) groups excluding carboxylic acids is 2. The molecule has 0 unspecified atom stereocenters. The summed E-state index contributed by atoms with van der Waals surface area (Å²) in [5.74, 6) is -0.732. The molecule has 0 saturated carbocycles. The van der Waals surface area contributed by atoms with Crippen LogP contribution in [0.5, 0.6) is 0 Å². The highest BCUT2D eigenvalue weighted by atomic mass is 16.5. The van der Waals surface area contributed by atoms with Gasteiger partial charge in [0.1, 0.15) is 6.04 Å². The van der Waals surface area contributed by atoms with E-state index in [9.17, 15) is 9.59 Å². The highest BCUT2D eigenvalue weighted by molar-refractivity contribution is 5.86. The van der Waals surface area contributed by atoms with Crippen molar-refractivity contribution in [3.05, 3.63) is 108 Å². The van der Waals surface area contributed by atoms with Gasteiger partial charge in [-0.15, -0.1) is 0 Å². The van der Waals surface area contributed by atoms with Gasteiger partial charge in [-0.05, 0) is 22.6 Å². The fourth-order valence-electron chi connectivity index (χ4n) is 4.06. The van der Waals surface area contributed by atoms with E-state index in [0.717, 1.165) is 16.7 Å². The molecule has 0 aliphatic rings. The Morgan fingerprint density at radius 2 is 1.16 bits per heavy atom. The van der Waals surface area contributed by atoms with Gasteiger partial charge < -0.3 is 10.1 Å². The largest absolute Gasteiger partial charge is 0.467 e. The maximum Gasteiger partial charge on any atom is 0.328 e. The third-order valence-electron chi connectivity index (χ3n) is 5.66. The molecule has 0 radical (unpaired) electrons. The Hall–Kier alpha value is -3.40. The lowest BCUT2D eigenvalue weighted by molar-refractivity contribution is -0.146. The summed E-state index contributed by atoms with van der Waals surface area (Å²) < 4.78 is 4.90. The highest BCUT2D eigenvalue weighted by Gasteiger charge is 2.39. The molecule has 1 amide bonds. The van der Waals surface area contributed by atoms with Crippen molar-refractivity contribution in [1.29, 1.82) is 0 Å². The van der Waals surface area contributed by atoms with Crippen molar-refractivity contribution >= 4 is 11.9 Å². The van der Waals surface area contributed by atoms with E-state index in [1.54, 1.807) is 0 Å². The number of methoxy groups -OCH3 is 1. The summed E-state index contributed by atoms with van der Waals surface area (Å²) in [5.41, 5.74) is 2.34. The lowest BCUT2D eigenvalue weighted by Gasteiger charge is -2.36. The number of hydrogen-bond acceptors (Lipinski definition) is 3. The minimum Gasteiger partial charge on any atom is -0.467 e. The van der Waals surface area contributed by atoms with Crippen molar-refractivity contribution in [3.63, 3.8) is 0 Å². The van der Waals surface area contributed by atoms with E-state index in [2.05, 4.69) is 5.32 Å². The Morgan fingerprint density at radius 3 is 1.48 bits per heavy atom. The van der Waals surface area contributed by atoms with Crippen molar-refractivity contribution in [2.24, 2.45) is 5.92 Å². The zero-order chi connectivity index (χ0) is 22.3. The molecule has 3 aromatic carbocycles. The molecule has 3 rings (SSSR count). The molecule has 31 heavy (non-hydrogen) atoms. The molecular weight excluding hydrogens is 386 g/mol. The maximum atomic E-state index is 13.4. The second kappa shape index (κ2) is 10.1. The average molecular weight is 416 g/mol. The van der Waals surface area contributed by atoms with E-state index >= 15 is 0 Å². The molecule has 1 N–H and O–H groups in total. The smallest absolute Gasteiger partial charge is 0.328 e. The van der Waals surface area contributed by atoms with Gasteiger partial charge in [-0.2, -0.15) is 0 Å². The van der Waals surface area contributed by atoms with Gasteiger partial charge in [0.05, 0.1) is 12.5 Å². The number of benzene rings is 3. The van der Waals surface area contributed by atoms with Gasteiger partial charge in [-0.25, -0.2) is 4.79 Å². The monoisotopic (exact) mass is 415 g/mol. The molecule has 0 fully saturated rings. The standard InChI is InChI=1S/C27H29NO3/c1-20(2)25(26(30)31-3)28-24(29)19-27(21-13-7-4-8-14-21,22-15-9-5-10-16-22)23-17-11-6-12-18-23/h4-18,20,25H,19H2,1-3H3,(H,28,29)/t25-/m0/s1. The minimum atomic E-state index is -0.703. The number of hydrogen-bond donors (Lipinski definition) is 1. The van der Waals surface area contributed by atoms with Crippen LogP contribution >= 0.6 is 0 Å². The molecule has 0 aliphatic heterocycles. The van der Waals surface area contributed by atoms with Gasteiger partial charge in [0.25, 0.3) is 0 Å². The van der Waals surface area contributed by atoms with Gasteiger partial charge in [-0.3, -0.25) is 4.79 Å². The van der Waals surface area contributed by atoms with Crippen LogP contribution in [0, 0.1) is 5.92 Å². The first-order valence-electron chi connectivity index (χ1n) is 10.5. The minimum absolute atomic E-state index is 0.0871. The highest BCUT2D eigenvalue weighted by Crippen LogP contribution is 2.42. The topological polar surface area (TPSA) is 55.4 Å². The zero-order valence-corrected chi connectivity index (χ0v) is 18.2.